The third-order valence-electron chi connectivity index (χ3n) is 1.82. The molecule has 0 aliphatic rings. The van der Waals surface area contributed by atoms with Crippen molar-refractivity contribution in [3.8, 4) is 11.1 Å². The molecule has 2 aromatic rings. The molecule has 0 unspecified atom stereocenters. The summed E-state index contributed by atoms with van der Waals surface area (Å²) < 4.78 is 0. The molecule has 14 heavy (non-hydrogen) atoms. The minimum Gasteiger partial charge on any atom is -0.397 e. The molecule has 0 fully saturated rings. The second kappa shape index (κ2) is 3.64. The topological polar surface area (TPSA) is 51.8 Å². The van der Waals surface area contributed by atoms with Gasteiger partial charge in [-0.2, -0.15) is 0 Å². The molecule has 70 valence electrons. The Morgan fingerprint density at radius 1 is 1.07 bits per heavy atom. The Labute approximate surface area is 86.6 Å². The summed E-state index contributed by atoms with van der Waals surface area (Å²) in [4.78, 5) is 7.98. The summed E-state index contributed by atoms with van der Waals surface area (Å²) in [6.45, 7) is 0. The van der Waals surface area contributed by atoms with Gasteiger partial charge in [-0.1, -0.05) is 11.6 Å². The number of halogens is 1. The van der Waals surface area contributed by atoms with Gasteiger partial charge in [0.1, 0.15) is 5.15 Å². The van der Waals surface area contributed by atoms with Gasteiger partial charge in [-0.05, 0) is 18.2 Å². The number of nitrogens with zero attached hydrogens (tertiary/aromatic N) is 2. The van der Waals surface area contributed by atoms with Crippen LogP contribution in [0.4, 0.5) is 5.69 Å². The SMILES string of the molecule is Nc1cncc(-c2ccc(Cl)nc2)c1. The van der Waals surface area contributed by atoms with Crippen LogP contribution >= 0.6 is 11.6 Å². The fourth-order valence-electron chi connectivity index (χ4n) is 1.16. The highest BCUT2D eigenvalue weighted by Crippen LogP contribution is 2.20. The van der Waals surface area contributed by atoms with E-state index in [4.69, 9.17) is 17.3 Å². The molecule has 0 saturated carbocycles. The Morgan fingerprint density at radius 2 is 1.93 bits per heavy atom. The minimum absolute atomic E-state index is 0.477. The first kappa shape index (κ1) is 8.97. The second-order valence-electron chi connectivity index (χ2n) is 2.88. The van der Waals surface area contributed by atoms with Crippen LogP contribution in [-0.2, 0) is 0 Å². The van der Waals surface area contributed by atoms with E-state index in [9.17, 15) is 0 Å². The van der Waals surface area contributed by atoms with E-state index >= 15 is 0 Å². The summed E-state index contributed by atoms with van der Waals surface area (Å²) >= 11 is 5.68. The molecule has 0 bridgehead atoms. The van der Waals surface area contributed by atoms with E-state index < -0.39 is 0 Å². The highest BCUT2D eigenvalue weighted by atomic mass is 35.5. The summed E-state index contributed by atoms with van der Waals surface area (Å²) in [6.07, 6.45) is 5.03. The lowest BCUT2D eigenvalue weighted by Gasteiger charge is -2.01. The molecular formula is C10H8ClN3. The summed E-state index contributed by atoms with van der Waals surface area (Å²) in [6, 6.07) is 5.46. The van der Waals surface area contributed by atoms with E-state index in [0.717, 1.165) is 11.1 Å². The maximum atomic E-state index is 5.68. The number of nitrogens with two attached hydrogens (primary N) is 1. The molecule has 0 atom stereocenters. The van der Waals surface area contributed by atoms with Gasteiger partial charge in [0.25, 0.3) is 0 Å². The van der Waals surface area contributed by atoms with Crippen molar-refractivity contribution in [1.29, 1.82) is 0 Å². The van der Waals surface area contributed by atoms with Crippen molar-refractivity contribution in [3.05, 3.63) is 41.9 Å². The van der Waals surface area contributed by atoms with Crippen LogP contribution < -0.4 is 5.73 Å². The monoisotopic (exact) mass is 205 g/mol. The number of hydrogen-bond donors (Lipinski definition) is 1. The standard InChI is InChI=1S/C10H8ClN3/c11-10-2-1-7(5-14-10)8-3-9(12)6-13-4-8/h1-6H,12H2. The van der Waals surface area contributed by atoms with Crippen LogP contribution in [0.3, 0.4) is 0 Å². The van der Waals surface area contributed by atoms with E-state index in [1.54, 1.807) is 24.7 Å². The van der Waals surface area contributed by atoms with Crippen molar-refractivity contribution in [2.24, 2.45) is 0 Å². The molecule has 4 heteroatoms. The average Bonchev–Trinajstić information content (AvgIpc) is 2.19. The van der Waals surface area contributed by atoms with Crippen LogP contribution in [0.5, 0.6) is 0 Å². The molecule has 0 saturated heterocycles. The summed E-state index contributed by atoms with van der Waals surface area (Å²) in [5.74, 6) is 0. The Kier molecular flexibility index (Phi) is 2.33. The maximum Gasteiger partial charge on any atom is 0.129 e. The maximum absolute atomic E-state index is 5.68. The van der Waals surface area contributed by atoms with Gasteiger partial charge >= 0.3 is 0 Å². The third-order valence-corrected chi connectivity index (χ3v) is 2.04. The molecule has 0 amide bonds. The minimum atomic E-state index is 0.477. The van der Waals surface area contributed by atoms with Gasteiger partial charge in [-0.25, -0.2) is 4.98 Å². The number of hydrogen-bond acceptors (Lipinski definition) is 3. The van der Waals surface area contributed by atoms with E-state index in [2.05, 4.69) is 9.97 Å². The zero-order valence-corrected chi connectivity index (χ0v) is 8.07. The molecule has 2 N–H and O–H groups in total. The molecule has 2 rings (SSSR count). The molecule has 0 aliphatic heterocycles. The lowest BCUT2D eigenvalue weighted by molar-refractivity contribution is 1.30. The Hall–Kier alpha value is -1.61. The fourth-order valence-corrected chi connectivity index (χ4v) is 1.27. The number of pyridine rings is 2. The van der Waals surface area contributed by atoms with Crippen molar-refractivity contribution >= 4 is 17.3 Å². The van der Waals surface area contributed by atoms with Crippen LogP contribution in [-0.4, -0.2) is 9.97 Å². The Morgan fingerprint density at radius 3 is 2.57 bits per heavy atom. The van der Waals surface area contributed by atoms with E-state index in [-0.39, 0.29) is 0 Å². The number of aromatic nitrogens is 2. The van der Waals surface area contributed by atoms with Crippen molar-refractivity contribution in [2.75, 3.05) is 5.73 Å². The smallest absolute Gasteiger partial charge is 0.129 e. The summed E-state index contributed by atoms with van der Waals surface area (Å²) in [5, 5.41) is 0.477. The van der Waals surface area contributed by atoms with Crippen LogP contribution in [0.25, 0.3) is 11.1 Å². The Bertz CT molecular complexity index is 439. The van der Waals surface area contributed by atoms with Crippen molar-refractivity contribution in [3.63, 3.8) is 0 Å². The zero-order chi connectivity index (χ0) is 9.97. The fraction of sp³-hybridized carbons (Fsp3) is 0. The first-order valence-corrected chi connectivity index (χ1v) is 4.46. The van der Waals surface area contributed by atoms with Crippen LogP contribution in [0.2, 0.25) is 5.15 Å². The average molecular weight is 206 g/mol. The molecule has 3 nitrogen and oxygen atoms in total. The van der Waals surface area contributed by atoms with Gasteiger partial charge in [0, 0.05) is 29.7 Å². The molecular weight excluding hydrogens is 198 g/mol. The van der Waals surface area contributed by atoms with Gasteiger partial charge < -0.3 is 5.73 Å². The molecule has 0 spiro atoms. The lowest BCUT2D eigenvalue weighted by Crippen LogP contribution is -1.88. The van der Waals surface area contributed by atoms with Gasteiger partial charge in [0.2, 0.25) is 0 Å². The highest BCUT2D eigenvalue weighted by Gasteiger charge is 1.98. The molecule has 0 aromatic carbocycles. The van der Waals surface area contributed by atoms with Crippen LogP contribution in [0, 0.1) is 0 Å². The quantitative estimate of drug-likeness (QED) is 0.728. The van der Waals surface area contributed by atoms with Gasteiger partial charge in [0.15, 0.2) is 0 Å². The number of nitrogen functional groups attached to an aromatic ring is 1. The number of rotatable bonds is 1. The lowest BCUT2D eigenvalue weighted by atomic mass is 10.1. The molecule has 0 aliphatic carbocycles. The van der Waals surface area contributed by atoms with E-state index in [1.807, 2.05) is 12.1 Å². The Balaban J connectivity index is 2.44. The van der Waals surface area contributed by atoms with E-state index in [1.165, 1.54) is 0 Å². The van der Waals surface area contributed by atoms with Crippen LogP contribution in [0.1, 0.15) is 0 Å². The van der Waals surface area contributed by atoms with Gasteiger partial charge in [0.05, 0.1) is 5.69 Å². The van der Waals surface area contributed by atoms with Crippen molar-refractivity contribution in [2.45, 2.75) is 0 Å². The predicted molar refractivity (Wildman–Crippen MR) is 56.9 cm³/mol. The first-order chi connectivity index (χ1) is 6.75. The molecule has 0 radical (unpaired) electrons. The van der Waals surface area contributed by atoms with Crippen molar-refractivity contribution in [1.82, 2.24) is 9.97 Å². The first-order valence-electron chi connectivity index (χ1n) is 4.08. The van der Waals surface area contributed by atoms with Crippen molar-refractivity contribution < 1.29 is 0 Å². The largest absolute Gasteiger partial charge is 0.397 e. The zero-order valence-electron chi connectivity index (χ0n) is 7.31. The number of anilines is 1. The second-order valence-corrected chi connectivity index (χ2v) is 3.26. The van der Waals surface area contributed by atoms with Gasteiger partial charge in [-0.15, -0.1) is 0 Å². The van der Waals surface area contributed by atoms with E-state index in [0.29, 0.717) is 10.8 Å². The highest BCUT2D eigenvalue weighted by molar-refractivity contribution is 6.29. The predicted octanol–water partition coefficient (Wildman–Crippen LogP) is 2.38. The summed E-state index contributed by atoms with van der Waals surface area (Å²) in [7, 11) is 0. The normalized spacial score (nSPS) is 10.1. The summed E-state index contributed by atoms with van der Waals surface area (Å²) in [5.41, 5.74) is 8.15. The third kappa shape index (κ3) is 1.83. The molecule has 2 heterocycles. The van der Waals surface area contributed by atoms with Gasteiger partial charge in [-0.3, -0.25) is 4.98 Å². The molecule has 2 aromatic heterocycles. The van der Waals surface area contributed by atoms with Crippen LogP contribution in [0.15, 0.2) is 36.8 Å².